The van der Waals surface area contributed by atoms with Crippen LogP contribution in [0.4, 0.5) is 0 Å². The normalized spacial score (nSPS) is 11.7. The van der Waals surface area contributed by atoms with Gasteiger partial charge in [0.2, 0.25) is 0 Å². The van der Waals surface area contributed by atoms with Crippen LogP contribution < -0.4 is 9.47 Å². The van der Waals surface area contributed by atoms with Gasteiger partial charge in [0.1, 0.15) is 11.5 Å². The molecule has 0 N–H and O–H groups in total. The van der Waals surface area contributed by atoms with Crippen molar-refractivity contribution in [3.8, 4) is 11.5 Å². The molecule has 0 radical (unpaired) electrons. The summed E-state index contributed by atoms with van der Waals surface area (Å²) in [6.45, 7) is 9.14. The van der Waals surface area contributed by atoms with E-state index in [0.717, 1.165) is 17.4 Å². The van der Waals surface area contributed by atoms with Crippen molar-refractivity contribution in [1.82, 2.24) is 0 Å². The van der Waals surface area contributed by atoms with E-state index in [9.17, 15) is 0 Å². The highest BCUT2D eigenvalue weighted by Gasteiger charge is 2.24. The van der Waals surface area contributed by atoms with Gasteiger partial charge < -0.3 is 9.47 Å². The van der Waals surface area contributed by atoms with E-state index in [1.165, 1.54) is 24.8 Å². The lowest BCUT2D eigenvalue weighted by molar-refractivity contribution is 0.367. The molecule has 0 heterocycles. The van der Waals surface area contributed by atoms with E-state index >= 15 is 0 Å². The molecular weight excluding hydrogens is 236 g/mol. The summed E-state index contributed by atoms with van der Waals surface area (Å²) in [7, 11) is 3.41. The fourth-order valence-corrected chi connectivity index (χ4v) is 2.44. The molecule has 1 aromatic rings. The van der Waals surface area contributed by atoms with Crippen molar-refractivity contribution in [3.05, 3.63) is 23.8 Å². The summed E-state index contributed by atoms with van der Waals surface area (Å²) in [5.74, 6) is 2.54. The summed E-state index contributed by atoms with van der Waals surface area (Å²) in [5.41, 5.74) is 1.39. The van der Waals surface area contributed by atoms with E-state index < -0.39 is 0 Å². The zero-order valence-corrected chi connectivity index (χ0v) is 13.2. The van der Waals surface area contributed by atoms with E-state index in [4.69, 9.17) is 9.47 Å². The molecule has 2 nitrogen and oxygen atoms in total. The first-order valence-corrected chi connectivity index (χ1v) is 7.13. The van der Waals surface area contributed by atoms with E-state index in [1.807, 2.05) is 12.1 Å². The number of benzene rings is 1. The molecule has 0 spiro atoms. The van der Waals surface area contributed by atoms with Crippen LogP contribution in [0.2, 0.25) is 0 Å². The number of ether oxygens (including phenoxy) is 2. The Labute approximate surface area is 118 Å². The van der Waals surface area contributed by atoms with Crippen LogP contribution in [0.1, 0.15) is 52.5 Å². The standard InChI is InChI=1S/C17H28O2/c1-13(2)8-7-11-17(3,4)15-10-9-14(18-5)12-16(15)19-6/h9-10,12-13H,7-8,11H2,1-6H3. The van der Waals surface area contributed by atoms with Gasteiger partial charge in [0.15, 0.2) is 0 Å². The van der Waals surface area contributed by atoms with Crippen LogP contribution in [-0.2, 0) is 5.41 Å². The summed E-state index contributed by atoms with van der Waals surface area (Å²) in [5, 5.41) is 0. The predicted molar refractivity (Wildman–Crippen MR) is 81.3 cm³/mol. The Hall–Kier alpha value is -1.18. The molecular formula is C17H28O2. The third kappa shape index (κ3) is 4.45. The molecule has 0 unspecified atom stereocenters. The summed E-state index contributed by atoms with van der Waals surface area (Å²) in [4.78, 5) is 0. The fraction of sp³-hybridized carbons (Fsp3) is 0.647. The van der Waals surface area contributed by atoms with Crippen LogP contribution in [0, 0.1) is 5.92 Å². The molecule has 0 saturated heterocycles. The second-order valence-corrected chi connectivity index (χ2v) is 6.24. The smallest absolute Gasteiger partial charge is 0.126 e. The Morgan fingerprint density at radius 1 is 1.11 bits per heavy atom. The molecule has 0 aliphatic heterocycles. The van der Waals surface area contributed by atoms with Crippen molar-refractivity contribution < 1.29 is 9.47 Å². The van der Waals surface area contributed by atoms with Gasteiger partial charge in [-0.1, -0.05) is 46.6 Å². The molecule has 2 heteroatoms. The maximum absolute atomic E-state index is 5.52. The molecule has 108 valence electrons. The Morgan fingerprint density at radius 3 is 2.32 bits per heavy atom. The van der Waals surface area contributed by atoms with Gasteiger partial charge in [-0.25, -0.2) is 0 Å². The summed E-state index contributed by atoms with van der Waals surface area (Å²) in [6.07, 6.45) is 3.70. The van der Waals surface area contributed by atoms with Crippen LogP contribution in [0.5, 0.6) is 11.5 Å². The molecule has 19 heavy (non-hydrogen) atoms. The zero-order valence-electron chi connectivity index (χ0n) is 13.2. The molecule has 1 aromatic carbocycles. The van der Waals surface area contributed by atoms with Gasteiger partial charge in [-0.3, -0.25) is 0 Å². The lowest BCUT2D eigenvalue weighted by atomic mass is 9.79. The maximum Gasteiger partial charge on any atom is 0.126 e. The first-order valence-electron chi connectivity index (χ1n) is 7.13. The Balaban J connectivity index is 2.87. The van der Waals surface area contributed by atoms with Crippen LogP contribution in [0.3, 0.4) is 0 Å². The second kappa shape index (κ2) is 6.83. The van der Waals surface area contributed by atoms with Gasteiger partial charge in [-0.15, -0.1) is 0 Å². The summed E-state index contributed by atoms with van der Waals surface area (Å²) < 4.78 is 10.8. The van der Waals surface area contributed by atoms with Gasteiger partial charge in [0.25, 0.3) is 0 Å². The molecule has 0 aromatic heterocycles. The van der Waals surface area contributed by atoms with Crippen LogP contribution in [0.15, 0.2) is 18.2 Å². The predicted octanol–water partition coefficient (Wildman–Crippen LogP) is 4.81. The van der Waals surface area contributed by atoms with E-state index in [0.29, 0.717) is 0 Å². The molecule has 0 aliphatic rings. The van der Waals surface area contributed by atoms with Crippen molar-refractivity contribution in [2.24, 2.45) is 5.92 Å². The molecule has 0 aliphatic carbocycles. The monoisotopic (exact) mass is 264 g/mol. The minimum atomic E-state index is 0.131. The molecule has 0 atom stereocenters. The highest BCUT2D eigenvalue weighted by molar-refractivity contribution is 5.44. The van der Waals surface area contributed by atoms with E-state index in [2.05, 4.69) is 33.8 Å². The van der Waals surface area contributed by atoms with Gasteiger partial charge in [0.05, 0.1) is 14.2 Å². The maximum atomic E-state index is 5.52. The Morgan fingerprint density at radius 2 is 1.79 bits per heavy atom. The SMILES string of the molecule is COc1ccc(C(C)(C)CCCC(C)C)c(OC)c1. The number of hydrogen-bond donors (Lipinski definition) is 0. The van der Waals surface area contributed by atoms with Crippen LogP contribution in [0.25, 0.3) is 0 Å². The highest BCUT2D eigenvalue weighted by Crippen LogP contribution is 2.37. The van der Waals surface area contributed by atoms with Crippen molar-refractivity contribution in [3.63, 3.8) is 0 Å². The molecule has 1 rings (SSSR count). The zero-order chi connectivity index (χ0) is 14.5. The largest absolute Gasteiger partial charge is 0.497 e. The van der Waals surface area contributed by atoms with E-state index in [1.54, 1.807) is 14.2 Å². The summed E-state index contributed by atoms with van der Waals surface area (Å²) >= 11 is 0. The first-order chi connectivity index (χ1) is 8.90. The number of hydrogen-bond acceptors (Lipinski definition) is 2. The lowest BCUT2D eigenvalue weighted by Crippen LogP contribution is -2.18. The van der Waals surface area contributed by atoms with Gasteiger partial charge in [-0.2, -0.15) is 0 Å². The van der Waals surface area contributed by atoms with Crippen LogP contribution >= 0.6 is 0 Å². The average molecular weight is 264 g/mol. The van der Waals surface area contributed by atoms with Crippen molar-refractivity contribution in [2.45, 2.75) is 52.4 Å². The minimum Gasteiger partial charge on any atom is -0.497 e. The first kappa shape index (κ1) is 15.9. The molecule has 0 bridgehead atoms. The van der Waals surface area contributed by atoms with E-state index in [-0.39, 0.29) is 5.41 Å². The van der Waals surface area contributed by atoms with Gasteiger partial charge >= 0.3 is 0 Å². The highest BCUT2D eigenvalue weighted by atomic mass is 16.5. The van der Waals surface area contributed by atoms with Crippen molar-refractivity contribution in [1.29, 1.82) is 0 Å². The number of methoxy groups -OCH3 is 2. The molecule has 0 fully saturated rings. The van der Waals surface area contributed by atoms with Crippen LogP contribution in [-0.4, -0.2) is 14.2 Å². The van der Waals surface area contributed by atoms with Gasteiger partial charge in [0, 0.05) is 11.6 Å². The summed E-state index contributed by atoms with van der Waals surface area (Å²) in [6, 6.07) is 6.12. The second-order valence-electron chi connectivity index (χ2n) is 6.24. The van der Waals surface area contributed by atoms with Crippen molar-refractivity contribution in [2.75, 3.05) is 14.2 Å². The average Bonchev–Trinajstić information content (AvgIpc) is 2.37. The quantitative estimate of drug-likeness (QED) is 0.703. The topological polar surface area (TPSA) is 18.5 Å². The van der Waals surface area contributed by atoms with Crippen molar-refractivity contribution >= 4 is 0 Å². The molecule has 0 amide bonds. The fourth-order valence-electron chi connectivity index (χ4n) is 2.44. The molecule has 0 saturated carbocycles. The third-order valence-electron chi connectivity index (χ3n) is 3.72. The third-order valence-corrected chi connectivity index (χ3v) is 3.72. The number of rotatable bonds is 7. The lowest BCUT2D eigenvalue weighted by Gasteiger charge is -2.27. The Kier molecular flexibility index (Phi) is 5.71. The Bertz CT molecular complexity index is 394. The minimum absolute atomic E-state index is 0.131. The van der Waals surface area contributed by atoms with Gasteiger partial charge in [-0.05, 0) is 23.8 Å².